The molecule has 0 saturated carbocycles. The van der Waals surface area contributed by atoms with E-state index in [0.717, 1.165) is 48.0 Å². The lowest BCUT2D eigenvalue weighted by Gasteiger charge is -2.22. The fraction of sp³-hybridized carbons (Fsp3) is 0.478. The fourth-order valence-corrected chi connectivity index (χ4v) is 3.57. The van der Waals surface area contributed by atoms with Gasteiger partial charge in [0.15, 0.2) is 11.8 Å². The minimum absolute atomic E-state index is 0.379. The van der Waals surface area contributed by atoms with Gasteiger partial charge in [-0.2, -0.15) is 10.1 Å². The monoisotopic (exact) mass is 423 g/mol. The van der Waals surface area contributed by atoms with Crippen LogP contribution in [0.5, 0.6) is 0 Å². The molecule has 3 rings (SSSR count). The Hall–Kier alpha value is -3.16. The summed E-state index contributed by atoms with van der Waals surface area (Å²) in [4.78, 5) is 11.0. The SMILES string of the molecule is CCCc1noc(-c2cccc(CNC(=NC)N(C)Cc3cn(C)nc3C(C)C)c2)n1. The summed E-state index contributed by atoms with van der Waals surface area (Å²) >= 11 is 0. The van der Waals surface area contributed by atoms with Gasteiger partial charge in [-0.25, -0.2) is 0 Å². The van der Waals surface area contributed by atoms with Crippen molar-refractivity contribution in [3.8, 4) is 11.5 Å². The van der Waals surface area contributed by atoms with Crippen LogP contribution in [0.3, 0.4) is 0 Å². The van der Waals surface area contributed by atoms with E-state index >= 15 is 0 Å². The number of hydrogen-bond donors (Lipinski definition) is 1. The van der Waals surface area contributed by atoms with Crippen molar-refractivity contribution in [1.29, 1.82) is 0 Å². The van der Waals surface area contributed by atoms with Crippen LogP contribution >= 0.6 is 0 Å². The molecule has 31 heavy (non-hydrogen) atoms. The molecule has 0 bridgehead atoms. The van der Waals surface area contributed by atoms with Gasteiger partial charge in [-0.15, -0.1) is 0 Å². The Kier molecular flexibility index (Phi) is 7.44. The first-order chi connectivity index (χ1) is 14.9. The van der Waals surface area contributed by atoms with Gasteiger partial charge in [0, 0.05) is 58.0 Å². The van der Waals surface area contributed by atoms with Crippen molar-refractivity contribution in [3.63, 3.8) is 0 Å². The van der Waals surface area contributed by atoms with Crippen molar-refractivity contribution in [1.82, 2.24) is 30.1 Å². The molecule has 0 radical (unpaired) electrons. The molecule has 3 aromatic rings. The minimum Gasteiger partial charge on any atom is -0.352 e. The predicted octanol–water partition coefficient (Wildman–Crippen LogP) is 3.75. The number of aryl methyl sites for hydroxylation is 2. The molecule has 0 unspecified atom stereocenters. The van der Waals surface area contributed by atoms with E-state index in [4.69, 9.17) is 4.52 Å². The zero-order chi connectivity index (χ0) is 22.4. The highest BCUT2D eigenvalue weighted by atomic mass is 16.5. The topological polar surface area (TPSA) is 84.4 Å². The summed E-state index contributed by atoms with van der Waals surface area (Å²) in [5.41, 5.74) is 4.38. The molecule has 166 valence electrons. The Bertz CT molecular complexity index is 1020. The van der Waals surface area contributed by atoms with E-state index in [9.17, 15) is 0 Å². The van der Waals surface area contributed by atoms with Gasteiger partial charge in [0.1, 0.15) is 0 Å². The number of aliphatic imine (C=N–C) groups is 1. The van der Waals surface area contributed by atoms with Crippen LogP contribution in [0.1, 0.15) is 55.8 Å². The number of nitrogens with one attached hydrogen (secondary N) is 1. The third kappa shape index (κ3) is 5.71. The molecule has 0 aliphatic heterocycles. The molecule has 2 heterocycles. The zero-order valence-electron chi connectivity index (χ0n) is 19.4. The first kappa shape index (κ1) is 22.5. The number of guanidine groups is 1. The molecule has 0 aliphatic carbocycles. The van der Waals surface area contributed by atoms with E-state index in [-0.39, 0.29) is 0 Å². The molecule has 1 N–H and O–H groups in total. The Morgan fingerprint density at radius 3 is 2.84 bits per heavy atom. The van der Waals surface area contributed by atoms with Gasteiger partial charge in [-0.05, 0) is 30.0 Å². The first-order valence-corrected chi connectivity index (χ1v) is 10.8. The van der Waals surface area contributed by atoms with Crippen molar-refractivity contribution in [2.45, 2.75) is 52.6 Å². The van der Waals surface area contributed by atoms with Gasteiger partial charge >= 0.3 is 0 Å². The molecule has 0 aliphatic rings. The maximum absolute atomic E-state index is 5.42. The van der Waals surface area contributed by atoms with E-state index in [0.29, 0.717) is 18.4 Å². The van der Waals surface area contributed by atoms with Crippen molar-refractivity contribution < 1.29 is 4.52 Å². The van der Waals surface area contributed by atoms with E-state index in [1.165, 1.54) is 5.56 Å². The second kappa shape index (κ2) is 10.2. The molecule has 0 atom stereocenters. The van der Waals surface area contributed by atoms with Gasteiger partial charge in [0.2, 0.25) is 0 Å². The smallest absolute Gasteiger partial charge is 0.257 e. The Balaban J connectivity index is 1.65. The lowest BCUT2D eigenvalue weighted by molar-refractivity contribution is 0.422. The molecule has 0 spiro atoms. The highest BCUT2D eigenvalue weighted by Gasteiger charge is 2.15. The molecule has 0 fully saturated rings. The van der Waals surface area contributed by atoms with Crippen LogP contribution in [0.15, 0.2) is 40.0 Å². The van der Waals surface area contributed by atoms with Gasteiger partial charge in [0.25, 0.3) is 5.89 Å². The van der Waals surface area contributed by atoms with Gasteiger partial charge in [-0.3, -0.25) is 9.67 Å². The van der Waals surface area contributed by atoms with Crippen LogP contribution in [0.25, 0.3) is 11.5 Å². The Morgan fingerprint density at radius 1 is 1.32 bits per heavy atom. The highest BCUT2D eigenvalue weighted by Crippen LogP contribution is 2.20. The number of benzene rings is 1. The van der Waals surface area contributed by atoms with Crippen LogP contribution < -0.4 is 5.32 Å². The predicted molar refractivity (Wildman–Crippen MR) is 123 cm³/mol. The second-order valence-corrected chi connectivity index (χ2v) is 8.09. The van der Waals surface area contributed by atoms with Crippen LogP contribution in [0.2, 0.25) is 0 Å². The van der Waals surface area contributed by atoms with E-state index in [1.807, 2.05) is 30.9 Å². The fourth-order valence-electron chi connectivity index (χ4n) is 3.57. The molecule has 8 heteroatoms. The summed E-state index contributed by atoms with van der Waals surface area (Å²) in [5, 5.41) is 12.1. The highest BCUT2D eigenvalue weighted by molar-refractivity contribution is 5.79. The van der Waals surface area contributed by atoms with E-state index in [2.05, 4.69) is 69.5 Å². The van der Waals surface area contributed by atoms with Crippen molar-refractivity contribution in [2.75, 3.05) is 14.1 Å². The summed E-state index contributed by atoms with van der Waals surface area (Å²) in [6, 6.07) is 8.14. The molecular weight excluding hydrogens is 390 g/mol. The van der Waals surface area contributed by atoms with Crippen molar-refractivity contribution in [3.05, 3.63) is 53.1 Å². The number of nitrogens with zero attached hydrogens (tertiary/aromatic N) is 6. The quantitative estimate of drug-likeness (QED) is 0.439. The summed E-state index contributed by atoms with van der Waals surface area (Å²) in [7, 11) is 5.80. The Morgan fingerprint density at radius 2 is 2.13 bits per heavy atom. The summed E-state index contributed by atoms with van der Waals surface area (Å²) < 4.78 is 7.30. The molecule has 0 saturated heterocycles. The Labute approximate surface area is 184 Å². The lowest BCUT2D eigenvalue weighted by Crippen LogP contribution is -2.38. The van der Waals surface area contributed by atoms with Gasteiger partial charge in [-0.1, -0.05) is 38.1 Å². The standard InChI is InChI=1S/C23H33N7O/c1-7-9-20-26-22(31-28-20)18-11-8-10-17(12-18)13-25-23(24-4)29(5)14-19-15-30(6)27-21(19)16(2)3/h8,10-12,15-16H,7,9,13-14H2,1-6H3,(H,24,25). The number of rotatable bonds is 8. The van der Waals surface area contributed by atoms with E-state index in [1.54, 1.807) is 7.05 Å². The molecular formula is C23H33N7O. The van der Waals surface area contributed by atoms with Crippen molar-refractivity contribution in [2.24, 2.45) is 12.0 Å². The summed E-state index contributed by atoms with van der Waals surface area (Å²) in [5.74, 6) is 2.51. The van der Waals surface area contributed by atoms with Crippen molar-refractivity contribution >= 4 is 5.96 Å². The van der Waals surface area contributed by atoms with Crippen LogP contribution in [-0.4, -0.2) is 44.9 Å². The average molecular weight is 424 g/mol. The normalized spacial score (nSPS) is 11.9. The molecule has 0 amide bonds. The molecule has 8 nitrogen and oxygen atoms in total. The van der Waals surface area contributed by atoms with Gasteiger partial charge in [0.05, 0.1) is 5.69 Å². The van der Waals surface area contributed by atoms with Crippen LogP contribution in [0, 0.1) is 0 Å². The molecule has 1 aromatic carbocycles. The van der Waals surface area contributed by atoms with Crippen LogP contribution in [-0.2, 0) is 26.6 Å². The third-order valence-electron chi connectivity index (χ3n) is 5.03. The summed E-state index contributed by atoms with van der Waals surface area (Å²) in [6.07, 6.45) is 3.90. The average Bonchev–Trinajstić information content (AvgIpc) is 3.35. The minimum atomic E-state index is 0.379. The molecule has 2 aromatic heterocycles. The zero-order valence-corrected chi connectivity index (χ0v) is 19.4. The van der Waals surface area contributed by atoms with Crippen LogP contribution in [0.4, 0.5) is 0 Å². The third-order valence-corrected chi connectivity index (χ3v) is 5.03. The summed E-state index contributed by atoms with van der Waals surface area (Å²) in [6.45, 7) is 7.82. The lowest BCUT2D eigenvalue weighted by atomic mass is 10.1. The largest absolute Gasteiger partial charge is 0.352 e. The van der Waals surface area contributed by atoms with Gasteiger partial charge < -0.3 is 14.7 Å². The maximum Gasteiger partial charge on any atom is 0.257 e. The van der Waals surface area contributed by atoms with E-state index < -0.39 is 0 Å². The number of aromatic nitrogens is 4. The number of hydrogen-bond acceptors (Lipinski definition) is 5. The maximum atomic E-state index is 5.42. The second-order valence-electron chi connectivity index (χ2n) is 8.09. The first-order valence-electron chi connectivity index (χ1n) is 10.8.